The van der Waals surface area contributed by atoms with Gasteiger partial charge in [0, 0.05) is 18.5 Å². The van der Waals surface area contributed by atoms with E-state index < -0.39 is 0 Å². The largest absolute Gasteiger partial charge is 0.356 e. The van der Waals surface area contributed by atoms with Gasteiger partial charge in [-0.15, -0.1) is 0 Å². The number of anilines is 1. The van der Waals surface area contributed by atoms with Gasteiger partial charge in [0.05, 0.1) is 5.69 Å². The molecule has 0 spiro atoms. The van der Waals surface area contributed by atoms with Crippen LogP contribution < -0.4 is 10.9 Å². The van der Waals surface area contributed by atoms with Crippen molar-refractivity contribution in [2.45, 2.75) is 26.7 Å². The maximum atomic E-state index is 12.1. The number of H-pyrrole nitrogens is 1. The summed E-state index contributed by atoms with van der Waals surface area (Å²) in [6, 6.07) is 14.5. The molecule has 1 aromatic heterocycles. The van der Waals surface area contributed by atoms with Gasteiger partial charge in [0.15, 0.2) is 0 Å². The monoisotopic (exact) mass is 307 g/mol. The molecule has 0 bridgehead atoms. The predicted octanol–water partition coefficient (Wildman–Crippen LogP) is 3.64. The first-order valence-electron chi connectivity index (χ1n) is 7.99. The maximum Gasteiger partial charge on any atom is 0.255 e. The topological polar surface area (TPSA) is 57.8 Å². The minimum absolute atomic E-state index is 0.0751. The Hall–Kier alpha value is -2.62. The molecular formula is C19H21N3O. The van der Waals surface area contributed by atoms with Crippen LogP contribution in [-0.4, -0.2) is 16.5 Å². The van der Waals surface area contributed by atoms with Gasteiger partial charge in [-0.1, -0.05) is 49.4 Å². The zero-order valence-electron chi connectivity index (χ0n) is 13.5. The van der Waals surface area contributed by atoms with Crippen LogP contribution >= 0.6 is 0 Å². The molecule has 4 heteroatoms. The molecule has 2 aromatic carbocycles. The molecule has 0 radical (unpaired) electrons. The summed E-state index contributed by atoms with van der Waals surface area (Å²) in [5.74, 6) is 0.553. The van der Waals surface area contributed by atoms with E-state index in [4.69, 9.17) is 0 Å². The highest BCUT2D eigenvalue weighted by Crippen LogP contribution is 2.21. The molecule has 3 rings (SSSR count). The van der Waals surface area contributed by atoms with Crippen LogP contribution in [0.2, 0.25) is 0 Å². The first-order valence-corrected chi connectivity index (χ1v) is 7.99. The summed E-state index contributed by atoms with van der Waals surface area (Å²) < 4.78 is 0. The molecule has 0 aliphatic carbocycles. The third-order valence-corrected chi connectivity index (χ3v) is 4.03. The van der Waals surface area contributed by atoms with Gasteiger partial charge in [-0.2, -0.15) is 0 Å². The Kier molecular flexibility index (Phi) is 4.42. The van der Waals surface area contributed by atoms with Crippen molar-refractivity contribution in [2.75, 3.05) is 11.9 Å². The van der Waals surface area contributed by atoms with E-state index in [0.717, 1.165) is 18.7 Å². The molecule has 0 atom stereocenters. The quantitative estimate of drug-likeness (QED) is 0.756. The Morgan fingerprint density at radius 3 is 2.74 bits per heavy atom. The molecule has 4 nitrogen and oxygen atoms in total. The molecular weight excluding hydrogens is 286 g/mol. The highest BCUT2D eigenvalue weighted by Gasteiger charge is 2.10. The van der Waals surface area contributed by atoms with Crippen molar-refractivity contribution in [1.82, 2.24) is 9.97 Å². The van der Waals surface area contributed by atoms with Gasteiger partial charge in [0.25, 0.3) is 5.56 Å². The van der Waals surface area contributed by atoms with Crippen molar-refractivity contribution in [3.8, 4) is 0 Å². The fourth-order valence-corrected chi connectivity index (χ4v) is 2.71. The lowest BCUT2D eigenvalue weighted by Crippen LogP contribution is -2.18. The van der Waals surface area contributed by atoms with Gasteiger partial charge in [-0.25, -0.2) is 4.98 Å². The zero-order valence-corrected chi connectivity index (χ0v) is 13.5. The Morgan fingerprint density at radius 2 is 1.91 bits per heavy atom. The molecule has 118 valence electrons. The van der Waals surface area contributed by atoms with Crippen molar-refractivity contribution in [3.05, 3.63) is 69.6 Å². The van der Waals surface area contributed by atoms with Gasteiger partial charge < -0.3 is 5.32 Å². The van der Waals surface area contributed by atoms with Gasteiger partial charge in [-0.3, -0.25) is 9.78 Å². The van der Waals surface area contributed by atoms with Crippen LogP contribution in [-0.2, 0) is 6.42 Å². The lowest BCUT2D eigenvalue weighted by atomic mass is 9.99. The lowest BCUT2D eigenvalue weighted by molar-refractivity contribution is 0.918. The first kappa shape index (κ1) is 15.3. The first-order chi connectivity index (χ1) is 11.2. The summed E-state index contributed by atoms with van der Waals surface area (Å²) in [7, 11) is 0. The minimum atomic E-state index is -0.0751. The van der Waals surface area contributed by atoms with Crippen molar-refractivity contribution in [2.24, 2.45) is 0 Å². The Labute approximate surface area is 135 Å². The molecule has 0 amide bonds. The number of fused-ring (bicyclic) bond motifs is 1. The number of benzene rings is 2. The second-order valence-corrected chi connectivity index (χ2v) is 5.73. The molecule has 0 saturated carbocycles. The number of hydrogen-bond donors (Lipinski definition) is 2. The van der Waals surface area contributed by atoms with Crippen LogP contribution in [0, 0.1) is 6.92 Å². The summed E-state index contributed by atoms with van der Waals surface area (Å²) in [4.78, 5) is 19.5. The van der Waals surface area contributed by atoms with E-state index in [1.165, 1.54) is 16.3 Å². The molecule has 0 aliphatic heterocycles. The number of rotatable bonds is 5. The minimum Gasteiger partial charge on any atom is -0.356 e. The second kappa shape index (κ2) is 6.65. The SMILES string of the molecule is CCCNc1nc(Cc2cccc3ccccc23)c(C)c(=O)[nH]1. The summed E-state index contributed by atoms with van der Waals surface area (Å²) in [5.41, 5.74) is 2.61. The van der Waals surface area contributed by atoms with E-state index in [2.05, 4.69) is 52.5 Å². The van der Waals surface area contributed by atoms with E-state index in [-0.39, 0.29) is 5.56 Å². The maximum absolute atomic E-state index is 12.1. The highest BCUT2D eigenvalue weighted by molar-refractivity contribution is 5.85. The van der Waals surface area contributed by atoms with Crippen molar-refractivity contribution in [3.63, 3.8) is 0 Å². The smallest absolute Gasteiger partial charge is 0.255 e. The van der Waals surface area contributed by atoms with Crippen molar-refractivity contribution in [1.29, 1.82) is 0 Å². The normalized spacial score (nSPS) is 10.9. The van der Waals surface area contributed by atoms with E-state index in [1.807, 2.05) is 19.1 Å². The Morgan fingerprint density at radius 1 is 1.13 bits per heavy atom. The fourth-order valence-electron chi connectivity index (χ4n) is 2.71. The molecule has 2 N–H and O–H groups in total. The number of nitrogens with zero attached hydrogens (tertiary/aromatic N) is 1. The predicted molar refractivity (Wildman–Crippen MR) is 95.1 cm³/mol. The van der Waals surface area contributed by atoms with Crippen molar-refractivity contribution >= 4 is 16.7 Å². The lowest BCUT2D eigenvalue weighted by Gasteiger charge is -2.10. The third kappa shape index (κ3) is 3.26. The molecule has 0 unspecified atom stereocenters. The summed E-state index contributed by atoms with van der Waals surface area (Å²) in [6.07, 6.45) is 1.63. The van der Waals surface area contributed by atoms with E-state index >= 15 is 0 Å². The van der Waals surface area contributed by atoms with Crippen LogP contribution in [0.15, 0.2) is 47.3 Å². The Bertz CT molecular complexity index is 878. The van der Waals surface area contributed by atoms with Crippen LogP contribution in [0.3, 0.4) is 0 Å². The number of aromatic amines is 1. The zero-order chi connectivity index (χ0) is 16.2. The number of nitrogens with one attached hydrogen (secondary N) is 2. The average Bonchev–Trinajstić information content (AvgIpc) is 2.57. The van der Waals surface area contributed by atoms with Gasteiger partial charge in [0.1, 0.15) is 0 Å². The van der Waals surface area contributed by atoms with E-state index in [9.17, 15) is 4.79 Å². The molecule has 0 fully saturated rings. The average molecular weight is 307 g/mol. The fraction of sp³-hybridized carbons (Fsp3) is 0.263. The van der Waals surface area contributed by atoms with Crippen LogP contribution in [0.25, 0.3) is 10.8 Å². The van der Waals surface area contributed by atoms with E-state index in [0.29, 0.717) is 17.9 Å². The van der Waals surface area contributed by atoms with Crippen LogP contribution in [0.5, 0.6) is 0 Å². The molecule has 0 saturated heterocycles. The molecule has 0 aliphatic rings. The summed E-state index contributed by atoms with van der Waals surface area (Å²) >= 11 is 0. The standard InChI is InChI=1S/C19H21N3O/c1-3-11-20-19-21-17(13(2)18(23)22-19)12-15-9-6-8-14-7-4-5-10-16(14)15/h4-10H,3,11-12H2,1-2H3,(H2,20,21,22,23). The summed E-state index contributed by atoms with van der Waals surface area (Å²) in [5, 5.41) is 5.57. The van der Waals surface area contributed by atoms with Crippen molar-refractivity contribution < 1.29 is 0 Å². The summed E-state index contributed by atoms with van der Waals surface area (Å²) in [6.45, 7) is 4.70. The van der Waals surface area contributed by atoms with Crippen LogP contribution in [0.1, 0.15) is 30.2 Å². The Balaban J connectivity index is 2.01. The molecule has 3 aromatic rings. The van der Waals surface area contributed by atoms with Gasteiger partial charge in [-0.05, 0) is 29.7 Å². The number of aromatic nitrogens is 2. The molecule has 23 heavy (non-hydrogen) atoms. The third-order valence-electron chi connectivity index (χ3n) is 4.03. The van der Waals surface area contributed by atoms with E-state index in [1.54, 1.807) is 0 Å². The molecule has 1 heterocycles. The highest BCUT2D eigenvalue weighted by atomic mass is 16.1. The second-order valence-electron chi connectivity index (χ2n) is 5.73. The van der Waals surface area contributed by atoms with Gasteiger partial charge >= 0.3 is 0 Å². The van der Waals surface area contributed by atoms with Gasteiger partial charge in [0.2, 0.25) is 5.95 Å². The number of hydrogen-bond acceptors (Lipinski definition) is 3. The van der Waals surface area contributed by atoms with Crippen LogP contribution in [0.4, 0.5) is 5.95 Å².